The number of nitrogens with one attached hydrogen (secondary N) is 1. The Labute approximate surface area is 219 Å². The van der Waals surface area contributed by atoms with E-state index in [0.717, 1.165) is 12.3 Å². The van der Waals surface area contributed by atoms with Gasteiger partial charge in [0.2, 0.25) is 0 Å². The molecule has 9 nitrogen and oxygen atoms in total. The summed E-state index contributed by atoms with van der Waals surface area (Å²) in [5.41, 5.74) is 1.89. The number of rotatable bonds is 5. The summed E-state index contributed by atoms with van der Waals surface area (Å²) in [6.07, 6.45) is 3.89. The first-order valence-corrected chi connectivity index (χ1v) is 13.4. The second-order valence-electron chi connectivity index (χ2n) is 8.94. The maximum atomic E-state index is 13.4. The summed E-state index contributed by atoms with van der Waals surface area (Å²) < 4.78 is 42.3. The number of fused-ring (bicyclic) bond motifs is 1. The molecule has 11 heteroatoms. The summed E-state index contributed by atoms with van der Waals surface area (Å²) in [4.78, 5) is 37.0. The number of carbonyl (C=O) groups is 2. The zero-order chi connectivity index (χ0) is 26.9. The Hall–Kier alpha value is -4.38. The third-order valence-corrected chi connectivity index (χ3v) is 7.81. The van der Waals surface area contributed by atoms with Gasteiger partial charge in [-0.25, -0.2) is 12.8 Å². The van der Waals surface area contributed by atoms with Crippen LogP contribution in [0.25, 0.3) is 10.9 Å². The van der Waals surface area contributed by atoms with Crippen LogP contribution < -0.4 is 4.72 Å². The van der Waals surface area contributed by atoms with Crippen molar-refractivity contribution in [3.05, 3.63) is 95.7 Å². The van der Waals surface area contributed by atoms with Gasteiger partial charge in [-0.2, -0.15) is 0 Å². The van der Waals surface area contributed by atoms with Crippen LogP contribution in [-0.2, 0) is 10.0 Å². The SMILES string of the molecule is Cc1cc(C(=O)N2CCN(C(=O)c3cncc(F)c3)CC2)ccc1NS(=O)(=O)c1cccc2cccnc12. The number of benzene rings is 2. The summed E-state index contributed by atoms with van der Waals surface area (Å²) in [5.74, 6) is -1.14. The Balaban J connectivity index is 1.27. The average Bonchev–Trinajstić information content (AvgIpc) is 2.93. The minimum atomic E-state index is -3.93. The van der Waals surface area contributed by atoms with Gasteiger partial charge in [-0.1, -0.05) is 18.2 Å². The summed E-state index contributed by atoms with van der Waals surface area (Å²) in [5, 5.41) is 0.711. The van der Waals surface area contributed by atoms with E-state index in [1.165, 1.54) is 12.3 Å². The van der Waals surface area contributed by atoms with E-state index in [4.69, 9.17) is 0 Å². The maximum Gasteiger partial charge on any atom is 0.264 e. The Morgan fingerprint density at radius 3 is 2.26 bits per heavy atom. The number of pyridine rings is 2. The Kier molecular flexibility index (Phi) is 6.77. The van der Waals surface area contributed by atoms with Gasteiger partial charge < -0.3 is 9.80 Å². The lowest BCUT2D eigenvalue weighted by atomic mass is 10.1. The number of amides is 2. The number of hydrogen-bond acceptors (Lipinski definition) is 6. The molecule has 1 aliphatic rings. The van der Waals surface area contributed by atoms with E-state index in [1.54, 1.807) is 65.4 Å². The van der Waals surface area contributed by atoms with Crippen molar-refractivity contribution in [3.8, 4) is 0 Å². The molecule has 0 spiro atoms. The molecule has 38 heavy (non-hydrogen) atoms. The van der Waals surface area contributed by atoms with E-state index in [9.17, 15) is 22.4 Å². The fourth-order valence-corrected chi connectivity index (χ4v) is 5.72. The lowest BCUT2D eigenvalue weighted by Gasteiger charge is -2.35. The van der Waals surface area contributed by atoms with Gasteiger partial charge in [0.1, 0.15) is 10.7 Å². The molecule has 4 aromatic rings. The quantitative estimate of drug-likeness (QED) is 0.420. The van der Waals surface area contributed by atoms with Crippen LogP contribution in [0.4, 0.5) is 10.1 Å². The summed E-state index contributed by atoms with van der Waals surface area (Å²) in [7, 11) is -3.93. The van der Waals surface area contributed by atoms with Crippen molar-refractivity contribution in [3.63, 3.8) is 0 Å². The van der Waals surface area contributed by atoms with Crippen molar-refractivity contribution in [1.82, 2.24) is 19.8 Å². The molecule has 0 radical (unpaired) electrons. The number of piperazine rings is 1. The molecule has 0 saturated carbocycles. The highest BCUT2D eigenvalue weighted by Gasteiger charge is 2.26. The van der Waals surface area contributed by atoms with Crippen LogP contribution in [0.1, 0.15) is 26.3 Å². The maximum absolute atomic E-state index is 13.4. The molecule has 1 N–H and O–H groups in total. The Morgan fingerprint density at radius 1 is 0.895 bits per heavy atom. The molecule has 3 heterocycles. The molecule has 1 saturated heterocycles. The van der Waals surface area contributed by atoms with E-state index in [1.807, 2.05) is 0 Å². The number of sulfonamides is 1. The molecule has 2 amide bonds. The van der Waals surface area contributed by atoms with Crippen molar-refractivity contribution in [1.29, 1.82) is 0 Å². The predicted octanol–water partition coefficient (Wildman–Crippen LogP) is 3.48. The van der Waals surface area contributed by atoms with Gasteiger partial charge >= 0.3 is 0 Å². The van der Waals surface area contributed by atoms with Gasteiger partial charge in [0, 0.05) is 49.5 Å². The first kappa shape index (κ1) is 25.3. The lowest BCUT2D eigenvalue weighted by molar-refractivity contribution is 0.0535. The molecule has 194 valence electrons. The predicted molar refractivity (Wildman–Crippen MR) is 140 cm³/mol. The van der Waals surface area contributed by atoms with Gasteiger partial charge in [-0.3, -0.25) is 24.3 Å². The smallest absolute Gasteiger partial charge is 0.264 e. The first-order valence-electron chi connectivity index (χ1n) is 11.9. The van der Waals surface area contributed by atoms with Crippen LogP contribution in [0.5, 0.6) is 0 Å². The topological polar surface area (TPSA) is 113 Å². The van der Waals surface area contributed by atoms with Gasteiger partial charge in [-0.15, -0.1) is 0 Å². The number of aryl methyl sites for hydroxylation is 1. The minimum absolute atomic E-state index is 0.0663. The zero-order valence-corrected chi connectivity index (χ0v) is 21.3. The second-order valence-corrected chi connectivity index (χ2v) is 10.6. The van der Waals surface area contributed by atoms with E-state index in [2.05, 4.69) is 14.7 Å². The molecule has 1 aliphatic heterocycles. The van der Waals surface area contributed by atoms with E-state index >= 15 is 0 Å². The van der Waals surface area contributed by atoms with Crippen LogP contribution in [-0.4, -0.2) is 66.2 Å². The largest absolute Gasteiger partial charge is 0.335 e. The summed E-state index contributed by atoms with van der Waals surface area (Å²) in [6.45, 7) is 2.96. The molecule has 5 rings (SSSR count). The molecule has 2 aromatic carbocycles. The fraction of sp³-hybridized carbons (Fsp3) is 0.185. The van der Waals surface area contributed by atoms with Crippen LogP contribution in [0.3, 0.4) is 0 Å². The molecule has 2 aromatic heterocycles. The van der Waals surface area contributed by atoms with Crippen molar-refractivity contribution in [2.75, 3.05) is 30.9 Å². The van der Waals surface area contributed by atoms with E-state index < -0.39 is 15.8 Å². The normalized spacial score (nSPS) is 13.9. The average molecular weight is 534 g/mol. The lowest BCUT2D eigenvalue weighted by Crippen LogP contribution is -2.50. The number of anilines is 1. The highest BCUT2D eigenvalue weighted by molar-refractivity contribution is 7.93. The Bertz CT molecular complexity index is 1650. The third kappa shape index (κ3) is 5.05. The van der Waals surface area contributed by atoms with E-state index in [0.29, 0.717) is 53.9 Å². The molecular formula is C27H24FN5O4S. The van der Waals surface area contributed by atoms with Gasteiger partial charge in [0.25, 0.3) is 21.8 Å². The highest BCUT2D eigenvalue weighted by Crippen LogP contribution is 2.26. The van der Waals surface area contributed by atoms with E-state index in [-0.39, 0.29) is 22.3 Å². The number of carbonyl (C=O) groups excluding carboxylic acids is 2. The Morgan fingerprint density at radius 2 is 1.58 bits per heavy atom. The van der Waals surface area contributed by atoms with Gasteiger partial charge in [-0.05, 0) is 48.9 Å². The van der Waals surface area contributed by atoms with Crippen molar-refractivity contribution < 1.29 is 22.4 Å². The standard InChI is InChI=1S/C27H24FN5O4S/c1-18-14-20(26(34)32-10-12-33(13-11-32)27(35)21-15-22(28)17-29-16-21)7-8-23(18)31-38(36,37)24-6-2-4-19-5-3-9-30-25(19)24/h2-9,14-17,31H,10-13H2,1H3. The van der Waals surface area contributed by atoms with Crippen molar-refractivity contribution in [2.45, 2.75) is 11.8 Å². The monoisotopic (exact) mass is 533 g/mol. The molecule has 0 bridgehead atoms. The summed E-state index contributed by atoms with van der Waals surface area (Å²) >= 11 is 0. The zero-order valence-electron chi connectivity index (χ0n) is 20.5. The fourth-order valence-electron chi connectivity index (χ4n) is 4.41. The molecule has 0 unspecified atom stereocenters. The van der Waals surface area contributed by atoms with Crippen molar-refractivity contribution in [2.24, 2.45) is 0 Å². The first-order chi connectivity index (χ1) is 18.2. The van der Waals surface area contributed by atoms with Crippen molar-refractivity contribution >= 4 is 38.4 Å². The number of aromatic nitrogens is 2. The molecular weight excluding hydrogens is 509 g/mol. The van der Waals surface area contributed by atoms with Crippen LogP contribution in [0, 0.1) is 12.7 Å². The summed E-state index contributed by atoms with van der Waals surface area (Å²) in [6, 6.07) is 14.4. The molecule has 1 fully saturated rings. The second kappa shape index (κ2) is 10.2. The molecule has 0 aliphatic carbocycles. The number of halogens is 1. The third-order valence-electron chi connectivity index (χ3n) is 6.41. The van der Waals surface area contributed by atoms with Crippen LogP contribution in [0.2, 0.25) is 0 Å². The minimum Gasteiger partial charge on any atom is -0.335 e. The number of nitrogens with zero attached hydrogens (tertiary/aromatic N) is 4. The highest BCUT2D eigenvalue weighted by atomic mass is 32.2. The van der Waals surface area contributed by atoms with Crippen LogP contribution >= 0.6 is 0 Å². The van der Waals surface area contributed by atoms with Crippen LogP contribution in [0.15, 0.2) is 78.1 Å². The van der Waals surface area contributed by atoms with Gasteiger partial charge in [0.05, 0.1) is 23.0 Å². The molecule has 0 atom stereocenters. The number of para-hydroxylation sites is 1. The van der Waals surface area contributed by atoms with Gasteiger partial charge in [0.15, 0.2) is 0 Å². The number of hydrogen-bond donors (Lipinski definition) is 1.